The Morgan fingerprint density at radius 3 is 0.900 bits per heavy atom. The zero-order chi connectivity index (χ0) is 15.6. The lowest BCUT2D eigenvalue weighted by molar-refractivity contribution is 0.204. The van der Waals surface area contributed by atoms with Gasteiger partial charge in [-0.1, -0.05) is 12.8 Å². The van der Waals surface area contributed by atoms with E-state index >= 15 is 0 Å². The lowest BCUT2D eigenvalue weighted by Gasteiger charge is -2.08. The van der Waals surface area contributed by atoms with Crippen LogP contribution in [0.5, 0.6) is 0 Å². The number of carbonyl (C=O) groups is 2. The van der Waals surface area contributed by atoms with E-state index in [2.05, 4.69) is 22.1 Å². The van der Waals surface area contributed by atoms with Crippen LogP contribution in [0.3, 0.4) is 0 Å². The van der Waals surface area contributed by atoms with E-state index < -0.39 is 12.2 Å². The molecular formula is C12H28N4O4. The van der Waals surface area contributed by atoms with Crippen molar-refractivity contribution in [3.05, 3.63) is 0 Å². The van der Waals surface area contributed by atoms with Gasteiger partial charge in [-0.15, -0.1) is 0 Å². The zero-order valence-electron chi connectivity index (χ0n) is 11.9. The number of piperidine rings is 2. The van der Waals surface area contributed by atoms with Crippen molar-refractivity contribution in [1.29, 1.82) is 0 Å². The molecule has 8 heteroatoms. The largest absolute Gasteiger partial charge is 0.465 e. The summed E-state index contributed by atoms with van der Waals surface area (Å²) in [6.07, 6.45) is 5.76. The molecule has 0 unspecified atom stereocenters. The fraction of sp³-hybridized carbons (Fsp3) is 0.833. The van der Waals surface area contributed by atoms with Gasteiger partial charge in [0.25, 0.3) is 0 Å². The van der Waals surface area contributed by atoms with Gasteiger partial charge in [-0.05, 0) is 51.9 Å². The highest BCUT2D eigenvalue weighted by Crippen LogP contribution is 1.97. The van der Waals surface area contributed by atoms with E-state index in [1.165, 1.54) is 64.7 Å². The molecule has 0 aromatic rings. The van der Waals surface area contributed by atoms with E-state index in [1.54, 1.807) is 0 Å². The molecule has 20 heavy (non-hydrogen) atoms. The molecule has 120 valence electrons. The molecule has 0 aromatic carbocycles. The van der Waals surface area contributed by atoms with Crippen LogP contribution in [0.15, 0.2) is 0 Å². The molecule has 2 aliphatic heterocycles. The molecule has 2 aliphatic rings. The minimum absolute atomic E-state index is 1.25. The number of hydrogen-bond acceptors (Lipinski definition) is 4. The van der Waals surface area contributed by atoms with Gasteiger partial charge in [-0.3, -0.25) is 0 Å². The van der Waals surface area contributed by atoms with E-state index in [9.17, 15) is 0 Å². The van der Waals surface area contributed by atoms with Crippen molar-refractivity contribution >= 4 is 12.2 Å². The van der Waals surface area contributed by atoms with Crippen LogP contribution < -0.4 is 22.1 Å². The fourth-order valence-corrected chi connectivity index (χ4v) is 1.60. The average molecular weight is 292 g/mol. The molecule has 2 saturated heterocycles. The quantitative estimate of drug-likeness (QED) is 0.388. The van der Waals surface area contributed by atoms with Crippen molar-refractivity contribution in [2.75, 3.05) is 26.2 Å². The van der Waals surface area contributed by atoms with Crippen LogP contribution in [0.25, 0.3) is 0 Å². The van der Waals surface area contributed by atoms with Gasteiger partial charge in [0.2, 0.25) is 0 Å². The van der Waals surface area contributed by atoms with Crippen molar-refractivity contribution in [3.8, 4) is 0 Å². The topological polar surface area (TPSA) is 151 Å². The van der Waals surface area contributed by atoms with Crippen LogP contribution in [0.2, 0.25) is 0 Å². The molecule has 8 nitrogen and oxygen atoms in total. The maximum atomic E-state index is 8.78. The maximum absolute atomic E-state index is 8.78. The van der Waals surface area contributed by atoms with Gasteiger partial charge in [0.15, 0.2) is 0 Å². The SMILES string of the molecule is C1CCNCC1.C1CCNCC1.NC(=O)O.NC(=O)O. The molecule has 0 atom stereocenters. The predicted octanol–water partition coefficient (Wildman–Crippen LogP) is 0.766. The number of nitrogens with one attached hydrogen (secondary N) is 2. The van der Waals surface area contributed by atoms with Crippen LogP contribution in [0.4, 0.5) is 9.59 Å². The summed E-state index contributed by atoms with van der Waals surface area (Å²) in [7, 11) is 0. The zero-order valence-corrected chi connectivity index (χ0v) is 11.9. The second-order valence-electron chi connectivity index (χ2n) is 4.30. The summed E-state index contributed by atoms with van der Waals surface area (Å²) >= 11 is 0. The minimum Gasteiger partial charge on any atom is -0.465 e. The second-order valence-corrected chi connectivity index (χ2v) is 4.30. The van der Waals surface area contributed by atoms with E-state index in [4.69, 9.17) is 19.8 Å². The maximum Gasteiger partial charge on any atom is 0.402 e. The highest BCUT2D eigenvalue weighted by molar-refractivity contribution is 5.61. The molecule has 0 aromatic heterocycles. The molecule has 0 radical (unpaired) electrons. The molecule has 2 heterocycles. The van der Waals surface area contributed by atoms with E-state index in [-0.39, 0.29) is 0 Å². The van der Waals surface area contributed by atoms with Gasteiger partial charge >= 0.3 is 12.2 Å². The Balaban J connectivity index is 0. The lowest BCUT2D eigenvalue weighted by atomic mass is 10.2. The van der Waals surface area contributed by atoms with Gasteiger partial charge in [0.05, 0.1) is 0 Å². The van der Waals surface area contributed by atoms with Crippen molar-refractivity contribution in [1.82, 2.24) is 10.6 Å². The molecular weight excluding hydrogens is 264 g/mol. The molecule has 2 amide bonds. The van der Waals surface area contributed by atoms with Crippen LogP contribution in [-0.2, 0) is 0 Å². The molecule has 0 saturated carbocycles. The van der Waals surface area contributed by atoms with Gasteiger partial charge in [-0.2, -0.15) is 0 Å². The van der Waals surface area contributed by atoms with Gasteiger partial charge in [-0.25, -0.2) is 9.59 Å². The van der Waals surface area contributed by atoms with Crippen LogP contribution in [0, 0.1) is 0 Å². The molecule has 0 spiro atoms. The Bertz CT molecular complexity index is 176. The monoisotopic (exact) mass is 292 g/mol. The summed E-state index contributed by atoms with van der Waals surface area (Å²) in [5.41, 5.74) is 8.06. The third-order valence-electron chi connectivity index (χ3n) is 2.41. The third kappa shape index (κ3) is 36.0. The first-order valence-corrected chi connectivity index (χ1v) is 6.85. The van der Waals surface area contributed by atoms with Crippen LogP contribution >= 0.6 is 0 Å². The summed E-state index contributed by atoms with van der Waals surface area (Å²) in [6, 6.07) is 0. The predicted molar refractivity (Wildman–Crippen MR) is 77.9 cm³/mol. The second kappa shape index (κ2) is 17.5. The molecule has 8 N–H and O–H groups in total. The summed E-state index contributed by atoms with van der Waals surface area (Å²) in [5, 5.41) is 21.0. The number of hydrogen-bond donors (Lipinski definition) is 6. The Kier molecular flexibility index (Phi) is 18.1. The summed E-state index contributed by atoms with van der Waals surface area (Å²) in [5.74, 6) is 0. The van der Waals surface area contributed by atoms with E-state index in [0.29, 0.717) is 0 Å². The Hall–Kier alpha value is -1.54. The molecule has 2 fully saturated rings. The first kappa shape index (κ1) is 20.8. The highest BCUT2D eigenvalue weighted by atomic mass is 16.4. The van der Waals surface area contributed by atoms with Gasteiger partial charge in [0, 0.05) is 0 Å². The summed E-state index contributed by atoms with van der Waals surface area (Å²) < 4.78 is 0. The number of carboxylic acid groups (broad SMARTS) is 2. The lowest BCUT2D eigenvalue weighted by Crippen LogP contribution is -2.21. The van der Waals surface area contributed by atoms with E-state index in [0.717, 1.165) is 0 Å². The highest BCUT2D eigenvalue weighted by Gasteiger charge is 1.94. The number of nitrogens with two attached hydrogens (primary N) is 2. The Labute approximate surface area is 119 Å². The minimum atomic E-state index is -1.33. The third-order valence-corrected chi connectivity index (χ3v) is 2.41. The first-order valence-electron chi connectivity index (χ1n) is 6.85. The van der Waals surface area contributed by atoms with Gasteiger partial charge < -0.3 is 32.3 Å². The van der Waals surface area contributed by atoms with Crippen molar-refractivity contribution in [3.63, 3.8) is 0 Å². The smallest absolute Gasteiger partial charge is 0.402 e. The first-order chi connectivity index (χ1) is 9.46. The fourth-order valence-electron chi connectivity index (χ4n) is 1.60. The Morgan fingerprint density at radius 2 is 0.850 bits per heavy atom. The number of primary amides is 2. The average Bonchev–Trinajstić information content (AvgIpc) is 2.42. The normalized spacial score (nSPS) is 16.8. The summed E-state index contributed by atoms with van der Waals surface area (Å²) in [6.45, 7) is 5.00. The summed E-state index contributed by atoms with van der Waals surface area (Å²) in [4.78, 5) is 17.6. The van der Waals surface area contributed by atoms with Crippen molar-refractivity contribution in [2.45, 2.75) is 38.5 Å². The van der Waals surface area contributed by atoms with Crippen LogP contribution in [-0.4, -0.2) is 48.6 Å². The van der Waals surface area contributed by atoms with Crippen LogP contribution in [0.1, 0.15) is 38.5 Å². The molecule has 0 bridgehead atoms. The number of rotatable bonds is 0. The molecule has 0 aliphatic carbocycles. The van der Waals surface area contributed by atoms with E-state index in [1.807, 2.05) is 0 Å². The van der Waals surface area contributed by atoms with Crippen molar-refractivity contribution in [2.24, 2.45) is 11.5 Å². The molecule has 2 rings (SSSR count). The number of amides is 2. The standard InChI is InChI=1S/2C5H11N.2CH3NO2/c2*1-2-4-6-5-3-1;2*2-1(3)4/h2*6H,1-5H2;2*2H2,(H,3,4). The van der Waals surface area contributed by atoms with Gasteiger partial charge in [0.1, 0.15) is 0 Å². The Morgan fingerprint density at radius 1 is 0.650 bits per heavy atom. The van der Waals surface area contributed by atoms with Crippen molar-refractivity contribution < 1.29 is 19.8 Å².